The van der Waals surface area contributed by atoms with Gasteiger partial charge in [0.25, 0.3) is 0 Å². The molecule has 0 saturated heterocycles. The third kappa shape index (κ3) is 7.75. The first-order chi connectivity index (χ1) is 15.9. The van der Waals surface area contributed by atoms with Gasteiger partial charge in [-0.2, -0.15) is 10.5 Å². The molecule has 0 aliphatic heterocycles. The van der Waals surface area contributed by atoms with E-state index in [0.29, 0.717) is 35.7 Å². The van der Waals surface area contributed by atoms with Gasteiger partial charge in [-0.15, -0.1) is 0 Å². The van der Waals surface area contributed by atoms with Gasteiger partial charge >= 0.3 is 12.1 Å². The molecule has 9 heteroatoms. The highest BCUT2D eigenvalue weighted by atomic mass is 16.6. The summed E-state index contributed by atoms with van der Waals surface area (Å²) in [5.41, 5.74) is 2.15. The van der Waals surface area contributed by atoms with E-state index in [1.165, 1.54) is 0 Å². The summed E-state index contributed by atoms with van der Waals surface area (Å²) in [7, 11) is 0. The Morgan fingerprint density at radius 1 is 1.06 bits per heavy atom. The molecule has 0 unspecified atom stereocenters. The highest BCUT2D eigenvalue weighted by Gasteiger charge is 2.16. The van der Waals surface area contributed by atoms with Crippen LogP contribution in [0.3, 0.4) is 0 Å². The molecule has 172 valence electrons. The molecule has 0 aliphatic rings. The highest BCUT2D eigenvalue weighted by Crippen LogP contribution is 2.23. The normalized spacial score (nSPS) is 11.8. The minimum atomic E-state index is -0.605. The summed E-state index contributed by atoms with van der Waals surface area (Å²) in [6.45, 7) is 5.84. The van der Waals surface area contributed by atoms with Gasteiger partial charge in [0.05, 0.1) is 30.7 Å². The monoisotopic (exact) mass is 449 g/mol. The Morgan fingerprint density at radius 2 is 1.79 bits per heavy atom. The molecule has 9 nitrogen and oxygen atoms in total. The van der Waals surface area contributed by atoms with Gasteiger partial charge in [0.15, 0.2) is 0 Å². The van der Waals surface area contributed by atoms with Crippen LogP contribution in [0.4, 0.5) is 21.0 Å². The molecule has 0 aliphatic carbocycles. The molecule has 2 aromatic carbocycles. The average molecular weight is 450 g/mol. The van der Waals surface area contributed by atoms with E-state index in [1.807, 2.05) is 32.1 Å². The minimum absolute atomic E-state index is 0.137. The summed E-state index contributed by atoms with van der Waals surface area (Å²) >= 11 is 0. The van der Waals surface area contributed by atoms with E-state index in [9.17, 15) is 9.59 Å². The molecule has 2 aromatic rings. The van der Waals surface area contributed by atoms with Crippen LogP contribution in [0, 0.1) is 22.7 Å². The topological polar surface area (TPSA) is 136 Å². The highest BCUT2D eigenvalue weighted by molar-refractivity contribution is 6.00. The largest absolute Gasteiger partial charge is 0.492 e. The maximum absolute atomic E-state index is 12.4. The lowest BCUT2D eigenvalue weighted by atomic mass is 10.1. The van der Waals surface area contributed by atoms with Crippen LogP contribution in [-0.2, 0) is 4.74 Å². The molecule has 0 bridgehead atoms. The van der Waals surface area contributed by atoms with E-state index in [4.69, 9.17) is 20.0 Å². The van der Waals surface area contributed by atoms with E-state index in [0.717, 1.165) is 5.56 Å². The van der Waals surface area contributed by atoms with Crippen molar-refractivity contribution in [1.29, 1.82) is 10.5 Å². The number of hydrogen-bond donors (Lipinski definition) is 3. The molecule has 33 heavy (non-hydrogen) atoms. The molecular weight excluding hydrogens is 422 g/mol. The van der Waals surface area contributed by atoms with Gasteiger partial charge < -0.3 is 25.4 Å². The molecule has 0 aromatic heterocycles. The fraction of sp³-hybridized carbons (Fsp3) is 0.333. The van der Waals surface area contributed by atoms with Crippen LogP contribution in [0.1, 0.15) is 50.8 Å². The number of ether oxygens (including phenoxy) is 2. The molecule has 3 N–H and O–H groups in total. The van der Waals surface area contributed by atoms with Gasteiger partial charge in [-0.05, 0) is 50.1 Å². The van der Waals surface area contributed by atoms with Gasteiger partial charge in [0.2, 0.25) is 0 Å². The van der Waals surface area contributed by atoms with Crippen molar-refractivity contribution in [3.63, 3.8) is 0 Å². The Labute approximate surface area is 193 Å². The summed E-state index contributed by atoms with van der Waals surface area (Å²) in [4.78, 5) is 24.5. The van der Waals surface area contributed by atoms with Crippen molar-refractivity contribution >= 4 is 23.5 Å². The van der Waals surface area contributed by atoms with Crippen LogP contribution in [0.2, 0.25) is 0 Å². The summed E-state index contributed by atoms with van der Waals surface area (Å²) in [5, 5.41) is 26.1. The molecule has 0 heterocycles. The van der Waals surface area contributed by atoms with Gasteiger partial charge in [0, 0.05) is 17.4 Å². The summed E-state index contributed by atoms with van der Waals surface area (Å²) in [6.07, 6.45) is -0.371. The lowest BCUT2D eigenvalue weighted by molar-refractivity contribution is 0.0950. The fourth-order valence-electron chi connectivity index (χ4n) is 2.96. The number of alkyl carbamates (subject to hydrolysis) is 1. The van der Waals surface area contributed by atoms with Crippen molar-refractivity contribution in [2.45, 2.75) is 45.8 Å². The standard InChI is InChI=1S/C24H27N5O4/c1-4-21(11-12-25)33-24(31)27-16(3)17-7-6-8-19(13-17)28-23(30)29-20-10-9-18(15-26)22(14-20)32-5-2/h6-10,13-14,16,21H,4-5,11H2,1-3H3,(H,27,31)(H2,28,29,30)/t16-,21+/m0/s1. The molecule has 0 radical (unpaired) electrons. The molecule has 2 atom stereocenters. The van der Waals surface area contributed by atoms with Gasteiger partial charge in [-0.25, -0.2) is 9.59 Å². The Hall–Kier alpha value is -4.24. The van der Waals surface area contributed by atoms with Gasteiger partial charge in [-0.1, -0.05) is 19.1 Å². The van der Waals surface area contributed by atoms with Crippen molar-refractivity contribution < 1.29 is 19.1 Å². The Bertz CT molecular complexity index is 1060. The maximum Gasteiger partial charge on any atom is 0.407 e. The second-order valence-corrected chi connectivity index (χ2v) is 7.12. The van der Waals surface area contributed by atoms with Crippen LogP contribution in [0.5, 0.6) is 5.75 Å². The number of hydrogen-bond acceptors (Lipinski definition) is 6. The minimum Gasteiger partial charge on any atom is -0.492 e. The predicted molar refractivity (Wildman–Crippen MR) is 124 cm³/mol. The number of carbonyl (C=O) groups is 2. The predicted octanol–water partition coefficient (Wildman–Crippen LogP) is 5.08. The summed E-state index contributed by atoms with van der Waals surface area (Å²) < 4.78 is 10.7. The van der Waals surface area contributed by atoms with E-state index in [1.54, 1.807) is 43.3 Å². The Kier molecular flexibility index (Phi) is 9.54. The number of anilines is 2. The maximum atomic E-state index is 12.4. The van der Waals surface area contributed by atoms with Crippen LogP contribution in [-0.4, -0.2) is 24.8 Å². The van der Waals surface area contributed by atoms with Crippen molar-refractivity contribution in [2.24, 2.45) is 0 Å². The van der Waals surface area contributed by atoms with Gasteiger partial charge in [-0.3, -0.25) is 0 Å². The number of nitrogens with one attached hydrogen (secondary N) is 3. The quantitative estimate of drug-likeness (QED) is 0.488. The molecule has 0 saturated carbocycles. The first kappa shape index (κ1) is 25.0. The van der Waals surface area contributed by atoms with Crippen LogP contribution in [0.25, 0.3) is 0 Å². The number of urea groups is 1. The van der Waals surface area contributed by atoms with Crippen LogP contribution < -0.4 is 20.7 Å². The number of benzene rings is 2. The summed E-state index contributed by atoms with van der Waals surface area (Å²) in [6, 6.07) is 15.0. The van der Waals surface area contributed by atoms with Crippen molar-refractivity contribution in [2.75, 3.05) is 17.2 Å². The van der Waals surface area contributed by atoms with E-state index < -0.39 is 18.2 Å². The summed E-state index contributed by atoms with van der Waals surface area (Å²) in [5.74, 6) is 0.395. The zero-order valence-electron chi connectivity index (χ0n) is 18.8. The van der Waals surface area contributed by atoms with Gasteiger partial charge in [0.1, 0.15) is 17.9 Å². The Balaban J connectivity index is 1.99. The van der Waals surface area contributed by atoms with Crippen molar-refractivity contribution in [3.05, 3.63) is 53.6 Å². The number of nitriles is 2. The molecule has 0 fully saturated rings. The molecule has 0 spiro atoms. The first-order valence-corrected chi connectivity index (χ1v) is 10.6. The van der Waals surface area contributed by atoms with Crippen LogP contribution in [0.15, 0.2) is 42.5 Å². The third-order valence-electron chi connectivity index (χ3n) is 4.69. The lowest BCUT2D eigenvalue weighted by Gasteiger charge is -2.18. The number of amides is 3. The first-order valence-electron chi connectivity index (χ1n) is 10.6. The van der Waals surface area contributed by atoms with Crippen molar-refractivity contribution in [1.82, 2.24) is 5.32 Å². The van der Waals surface area contributed by atoms with Crippen LogP contribution >= 0.6 is 0 Å². The third-order valence-corrected chi connectivity index (χ3v) is 4.69. The number of carbonyl (C=O) groups excluding carboxylic acids is 2. The zero-order valence-corrected chi connectivity index (χ0v) is 18.8. The zero-order chi connectivity index (χ0) is 24.2. The molecule has 2 rings (SSSR count). The second-order valence-electron chi connectivity index (χ2n) is 7.12. The Morgan fingerprint density at radius 3 is 2.42 bits per heavy atom. The molecule has 3 amide bonds. The number of nitrogens with zero attached hydrogens (tertiary/aromatic N) is 2. The van der Waals surface area contributed by atoms with Crippen molar-refractivity contribution in [3.8, 4) is 17.9 Å². The van der Waals surface area contributed by atoms with E-state index in [-0.39, 0.29) is 12.5 Å². The molecular formula is C24H27N5O4. The van der Waals surface area contributed by atoms with E-state index in [2.05, 4.69) is 16.0 Å². The fourth-order valence-corrected chi connectivity index (χ4v) is 2.96. The number of rotatable bonds is 9. The SMILES string of the molecule is CCOc1cc(NC(=O)Nc2cccc([C@H](C)NC(=O)O[C@H](CC)CC#N)c2)ccc1C#N. The smallest absolute Gasteiger partial charge is 0.407 e. The lowest BCUT2D eigenvalue weighted by Crippen LogP contribution is -2.31. The average Bonchev–Trinajstić information content (AvgIpc) is 2.79. The second kappa shape index (κ2) is 12.6. The van der Waals surface area contributed by atoms with E-state index >= 15 is 0 Å².